The Hall–Kier alpha value is -6.68. The highest BCUT2D eigenvalue weighted by Crippen LogP contribution is 2.45. The molecule has 0 unspecified atom stereocenters. The molecule has 0 saturated carbocycles. The van der Waals surface area contributed by atoms with Crippen molar-refractivity contribution < 1.29 is 52.1 Å². The second kappa shape index (κ2) is 29.3. The molecule has 81 heavy (non-hydrogen) atoms. The third kappa shape index (κ3) is 16.3. The minimum Gasteiger partial charge on any atom is -0.374 e. The maximum absolute atomic E-state index is 7.81. The van der Waals surface area contributed by atoms with Crippen LogP contribution >= 0.6 is 0 Å². The number of benzene rings is 8. The average Bonchev–Trinajstić information content (AvgIpc) is 3.55. The summed E-state index contributed by atoms with van der Waals surface area (Å²) in [6.07, 6.45) is -6.56. The molecule has 0 spiro atoms. The molecule has 10 atom stereocenters. The van der Waals surface area contributed by atoms with Crippen molar-refractivity contribution in [2.24, 2.45) is 0 Å². The van der Waals surface area contributed by atoms with Crippen LogP contribution < -0.4 is 0 Å². The summed E-state index contributed by atoms with van der Waals surface area (Å²) in [6.45, 7) is 6.10. The molecular formula is C70H74O11. The summed E-state index contributed by atoms with van der Waals surface area (Å²) in [5.74, 6) is -3.35. The molecule has 2 aliphatic rings. The van der Waals surface area contributed by atoms with Crippen LogP contribution in [0.15, 0.2) is 243 Å². The first-order valence-electron chi connectivity index (χ1n) is 28.1. The zero-order valence-corrected chi connectivity index (χ0v) is 46.3. The summed E-state index contributed by atoms with van der Waals surface area (Å²) < 4.78 is 79.3. The normalized spacial score (nSPS) is 24.6. The van der Waals surface area contributed by atoms with Gasteiger partial charge in [0.25, 0.3) is 0 Å². The fourth-order valence-electron chi connectivity index (χ4n) is 10.6. The van der Waals surface area contributed by atoms with E-state index in [1.54, 1.807) is 0 Å². The molecule has 0 aliphatic carbocycles. The van der Waals surface area contributed by atoms with Crippen molar-refractivity contribution in [3.8, 4) is 0 Å². The Morgan fingerprint density at radius 3 is 0.728 bits per heavy atom. The van der Waals surface area contributed by atoms with E-state index in [9.17, 15) is 0 Å². The van der Waals surface area contributed by atoms with Gasteiger partial charge in [0.15, 0.2) is 11.6 Å². The summed E-state index contributed by atoms with van der Waals surface area (Å²) in [5.41, 5.74) is 7.85. The standard InChI is InChI=1S/C70H74O11/c1-69(67(77-49-59-39-23-9-24-40-59)65(75-47-57-35-19-7-20-36-57)63(73-45-55-31-15-5-16-32-55)61(79-69)51-71-43-53-27-11-3-12-28-53)81-70(2)68(78-50-60-41-25-10-26-42-60)66(76-48-58-37-21-8-22-38-58)64(74-46-56-33-17-6-18-34-56)62(80-70)52-72-44-54-29-13-4-14-30-54/h3-42,61-68H,43-52H2,1-2H3/t61-,62-,63+,64+,65+,66+,67-,68-,69-,70-/m1/s1. The molecule has 2 saturated heterocycles. The van der Waals surface area contributed by atoms with Crippen LogP contribution in [0.5, 0.6) is 0 Å². The van der Waals surface area contributed by atoms with Gasteiger partial charge in [-0.2, -0.15) is 0 Å². The molecular weight excluding hydrogens is 1020 g/mol. The number of ether oxygens (including phenoxy) is 11. The molecule has 0 aromatic heterocycles. The quantitative estimate of drug-likeness (QED) is 0.0469. The van der Waals surface area contributed by atoms with E-state index in [1.807, 2.05) is 257 Å². The number of hydrogen-bond acceptors (Lipinski definition) is 11. The molecule has 0 amide bonds. The largest absolute Gasteiger partial charge is 0.374 e. The molecule has 420 valence electrons. The lowest BCUT2D eigenvalue weighted by Gasteiger charge is -2.57. The molecule has 0 radical (unpaired) electrons. The third-order valence-corrected chi connectivity index (χ3v) is 14.7. The summed E-state index contributed by atoms with van der Waals surface area (Å²) in [4.78, 5) is 0. The first-order chi connectivity index (χ1) is 39.9. The van der Waals surface area contributed by atoms with Gasteiger partial charge in [0.05, 0.1) is 66.1 Å². The highest BCUT2D eigenvalue weighted by Gasteiger charge is 2.63. The molecule has 8 aromatic carbocycles. The Morgan fingerprint density at radius 2 is 0.481 bits per heavy atom. The molecule has 2 fully saturated rings. The van der Waals surface area contributed by atoms with E-state index in [0.717, 1.165) is 44.5 Å². The molecule has 8 aromatic rings. The third-order valence-electron chi connectivity index (χ3n) is 14.7. The van der Waals surface area contributed by atoms with Crippen molar-refractivity contribution in [1.82, 2.24) is 0 Å². The predicted octanol–water partition coefficient (Wildman–Crippen LogP) is 13.2. The van der Waals surface area contributed by atoms with Gasteiger partial charge in [-0.15, -0.1) is 0 Å². The fraction of sp³-hybridized carbons (Fsp3) is 0.314. The van der Waals surface area contributed by atoms with Crippen molar-refractivity contribution in [2.75, 3.05) is 13.2 Å². The molecule has 10 rings (SSSR count). The zero-order valence-electron chi connectivity index (χ0n) is 46.3. The van der Waals surface area contributed by atoms with Gasteiger partial charge in [0.2, 0.25) is 0 Å². The monoisotopic (exact) mass is 1090 g/mol. The van der Waals surface area contributed by atoms with Gasteiger partial charge >= 0.3 is 0 Å². The predicted molar refractivity (Wildman–Crippen MR) is 310 cm³/mol. The summed E-state index contributed by atoms with van der Waals surface area (Å²) in [5, 5.41) is 0. The van der Waals surface area contributed by atoms with Crippen LogP contribution in [0.3, 0.4) is 0 Å². The Labute approximate surface area is 477 Å². The first-order valence-corrected chi connectivity index (χ1v) is 28.1. The summed E-state index contributed by atoms with van der Waals surface area (Å²) in [7, 11) is 0. The number of rotatable bonds is 28. The summed E-state index contributed by atoms with van der Waals surface area (Å²) in [6, 6.07) is 80.7. The highest BCUT2D eigenvalue weighted by atomic mass is 16.8. The lowest BCUT2D eigenvalue weighted by molar-refractivity contribution is -0.463. The van der Waals surface area contributed by atoms with E-state index in [0.29, 0.717) is 13.2 Å². The minimum atomic E-state index is -1.68. The van der Waals surface area contributed by atoms with E-state index in [-0.39, 0.29) is 52.9 Å². The Morgan fingerprint density at radius 1 is 0.272 bits per heavy atom. The van der Waals surface area contributed by atoms with E-state index in [1.165, 1.54) is 0 Å². The molecule has 2 aliphatic heterocycles. The van der Waals surface area contributed by atoms with Crippen LogP contribution in [0.2, 0.25) is 0 Å². The van der Waals surface area contributed by atoms with E-state index < -0.39 is 60.4 Å². The van der Waals surface area contributed by atoms with E-state index >= 15 is 0 Å². The van der Waals surface area contributed by atoms with Crippen molar-refractivity contribution >= 4 is 0 Å². The van der Waals surface area contributed by atoms with Crippen molar-refractivity contribution in [3.63, 3.8) is 0 Å². The number of hydrogen-bond donors (Lipinski definition) is 0. The zero-order chi connectivity index (χ0) is 55.4. The van der Waals surface area contributed by atoms with Crippen LogP contribution in [0, 0.1) is 0 Å². The maximum atomic E-state index is 7.81. The molecule has 2 heterocycles. The van der Waals surface area contributed by atoms with Gasteiger partial charge in [-0.05, 0) is 58.4 Å². The van der Waals surface area contributed by atoms with E-state index in [4.69, 9.17) is 52.1 Å². The fourth-order valence-corrected chi connectivity index (χ4v) is 10.6. The lowest BCUT2D eigenvalue weighted by Crippen LogP contribution is -2.73. The molecule has 11 heteroatoms. The SMILES string of the molecule is C[C@]1(O[C@@]2(C)O[C@H](COCc3ccccc3)[C@H](OCc3ccccc3)[C@H](OCc3ccccc3)[C@H]2OCc2ccccc2)O[C@H](COCc2ccccc2)[C@H](OCc2ccccc2)[C@H](OCc2ccccc2)[C@H]1OCc1ccccc1. The van der Waals surface area contributed by atoms with Crippen LogP contribution in [-0.2, 0) is 105 Å². The summed E-state index contributed by atoms with van der Waals surface area (Å²) >= 11 is 0. The molecule has 0 N–H and O–H groups in total. The second-order valence-electron chi connectivity index (χ2n) is 20.9. The highest BCUT2D eigenvalue weighted by molar-refractivity contribution is 5.20. The van der Waals surface area contributed by atoms with Gasteiger partial charge in [0, 0.05) is 0 Å². The van der Waals surface area contributed by atoms with Crippen LogP contribution in [0.1, 0.15) is 58.4 Å². The second-order valence-corrected chi connectivity index (χ2v) is 20.9. The smallest absolute Gasteiger partial charge is 0.198 e. The Kier molecular flexibility index (Phi) is 20.8. The molecule has 0 bridgehead atoms. The Bertz CT molecular complexity index is 2800. The van der Waals surface area contributed by atoms with Gasteiger partial charge < -0.3 is 52.1 Å². The Balaban J connectivity index is 1.08. The van der Waals surface area contributed by atoms with E-state index in [2.05, 4.69) is 0 Å². The minimum absolute atomic E-state index is 0.115. The van der Waals surface area contributed by atoms with Crippen LogP contribution in [-0.4, -0.2) is 73.6 Å². The van der Waals surface area contributed by atoms with Crippen molar-refractivity contribution in [2.45, 2.75) is 127 Å². The van der Waals surface area contributed by atoms with Gasteiger partial charge in [-0.3, -0.25) is 0 Å². The van der Waals surface area contributed by atoms with Gasteiger partial charge in [-0.25, -0.2) is 0 Å². The van der Waals surface area contributed by atoms with Crippen molar-refractivity contribution in [3.05, 3.63) is 287 Å². The van der Waals surface area contributed by atoms with Crippen molar-refractivity contribution in [1.29, 1.82) is 0 Å². The first kappa shape index (κ1) is 57.6. The topological polar surface area (TPSA) is 102 Å². The maximum Gasteiger partial charge on any atom is 0.198 e. The average molecular weight is 1090 g/mol. The lowest BCUT2D eigenvalue weighted by atomic mass is 9.89. The van der Waals surface area contributed by atoms with Crippen LogP contribution in [0.25, 0.3) is 0 Å². The van der Waals surface area contributed by atoms with Gasteiger partial charge in [-0.1, -0.05) is 243 Å². The molecule has 11 nitrogen and oxygen atoms in total. The van der Waals surface area contributed by atoms with Crippen LogP contribution in [0.4, 0.5) is 0 Å². The van der Waals surface area contributed by atoms with Gasteiger partial charge in [0.1, 0.15) is 48.8 Å².